The van der Waals surface area contributed by atoms with Crippen LogP contribution in [0.25, 0.3) is 0 Å². The summed E-state index contributed by atoms with van der Waals surface area (Å²) in [5.41, 5.74) is 8.49. The minimum absolute atomic E-state index is 0.0944. The van der Waals surface area contributed by atoms with Crippen molar-refractivity contribution in [2.75, 3.05) is 6.54 Å². The first-order valence-electron chi connectivity index (χ1n) is 6.33. The Balaban J connectivity index is 2.13. The van der Waals surface area contributed by atoms with E-state index in [1.54, 1.807) is 6.07 Å². The number of nitrogens with one attached hydrogen (secondary N) is 1. The van der Waals surface area contributed by atoms with E-state index in [9.17, 15) is 4.79 Å². The summed E-state index contributed by atoms with van der Waals surface area (Å²) in [6, 6.07) is 17.1. The van der Waals surface area contributed by atoms with Crippen molar-refractivity contribution in [1.82, 2.24) is 5.32 Å². The second-order valence-electron chi connectivity index (χ2n) is 4.54. The molecular formula is C16H18N2O. The first-order valence-corrected chi connectivity index (χ1v) is 6.33. The maximum Gasteiger partial charge on any atom is 0.251 e. The molecule has 3 N–H and O–H groups in total. The summed E-state index contributed by atoms with van der Waals surface area (Å²) in [6.45, 7) is 2.34. The number of carbonyl (C=O) groups is 1. The van der Waals surface area contributed by atoms with Crippen molar-refractivity contribution < 1.29 is 4.79 Å². The zero-order chi connectivity index (χ0) is 13.7. The van der Waals surface area contributed by atoms with Gasteiger partial charge in [0.05, 0.1) is 6.04 Å². The predicted molar refractivity (Wildman–Crippen MR) is 76.9 cm³/mol. The lowest BCUT2D eigenvalue weighted by Gasteiger charge is -2.17. The molecule has 2 rings (SSSR count). The Labute approximate surface area is 113 Å². The standard InChI is InChI=1S/C16H18N2O/c1-12-6-5-9-14(10-12)16(19)18-15(11-17)13-7-3-2-4-8-13/h2-10,15H,11,17H2,1H3,(H,18,19). The zero-order valence-electron chi connectivity index (χ0n) is 11.0. The molecule has 0 spiro atoms. The Hall–Kier alpha value is -2.13. The van der Waals surface area contributed by atoms with Gasteiger partial charge in [0.2, 0.25) is 0 Å². The minimum atomic E-state index is -0.158. The van der Waals surface area contributed by atoms with E-state index >= 15 is 0 Å². The fourth-order valence-corrected chi connectivity index (χ4v) is 1.99. The molecule has 2 aromatic carbocycles. The lowest BCUT2D eigenvalue weighted by atomic mass is 10.1. The number of nitrogens with two attached hydrogens (primary N) is 1. The van der Waals surface area contributed by atoms with Crippen LogP contribution in [-0.4, -0.2) is 12.5 Å². The van der Waals surface area contributed by atoms with Gasteiger partial charge >= 0.3 is 0 Å². The maximum atomic E-state index is 12.2. The summed E-state index contributed by atoms with van der Waals surface area (Å²) in [6.07, 6.45) is 0. The smallest absolute Gasteiger partial charge is 0.251 e. The summed E-state index contributed by atoms with van der Waals surface area (Å²) in [5.74, 6) is -0.0944. The van der Waals surface area contributed by atoms with Gasteiger partial charge in [0.25, 0.3) is 5.91 Å². The highest BCUT2D eigenvalue weighted by Crippen LogP contribution is 2.12. The molecule has 0 fully saturated rings. The van der Waals surface area contributed by atoms with E-state index in [-0.39, 0.29) is 11.9 Å². The Morgan fingerprint density at radius 1 is 1.16 bits per heavy atom. The van der Waals surface area contributed by atoms with Gasteiger partial charge in [-0.2, -0.15) is 0 Å². The van der Waals surface area contributed by atoms with E-state index in [4.69, 9.17) is 5.73 Å². The van der Waals surface area contributed by atoms with Gasteiger partial charge in [-0.25, -0.2) is 0 Å². The summed E-state index contributed by atoms with van der Waals surface area (Å²) < 4.78 is 0. The molecule has 0 aliphatic carbocycles. The largest absolute Gasteiger partial charge is 0.344 e. The number of carbonyl (C=O) groups excluding carboxylic acids is 1. The number of hydrogen-bond acceptors (Lipinski definition) is 2. The molecule has 3 heteroatoms. The van der Waals surface area contributed by atoms with Crippen molar-refractivity contribution in [3.05, 3.63) is 71.3 Å². The highest BCUT2D eigenvalue weighted by molar-refractivity contribution is 5.94. The Kier molecular flexibility index (Phi) is 4.31. The van der Waals surface area contributed by atoms with Crippen LogP contribution in [0.1, 0.15) is 27.5 Å². The van der Waals surface area contributed by atoms with Gasteiger partial charge in [-0.05, 0) is 24.6 Å². The summed E-state index contributed by atoms with van der Waals surface area (Å²) in [4.78, 5) is 12.2. The van der Waals surface area contributed by atoms with Crippen molar-refractivity contribution >= 4 is 5.91 Å². The molecule has 0 aromatic heterocycles. The number of aryl methyl sites for hydroxylation is 1. The van der Waals surface area contributed by atoms with E-state index in [0.717, 1.165) is 11.1 Å². The van der Waals surface area contributed by atoms with Crippen LogP contribution >= 0.6 is 0 Å². The van der Waals surface area contributed by atoms with Crippen LogP contribution in [0.5, 0.6) is 0 Å². The zero-order valence-corrected chi connectivity index (χ0v) is 11.0. The molecule has 0 heterocycles. The van der Waals surface area contributed by atoms with Crippen molar-refractivity contribution in [3.8, 4) is 0 Å². The third-order valence-corrected chi connectivity index (χ3v) is 3.02. The van der Waals surface area contributed by atoms with Crippen molar-refractivity contribution in [2.45, 2.75) is 13.0 Å². The number of hydrogen-bond donors (Lipinski definition) is 2. The lowest BCUT2D eigenvalue weighted by molar-refractivity contribution is 0.0937. The molecule has 1 atom stereocenters. The van der Waals surface area contributed by atoms with Gasteiger partial charge in [0, 0.05) is 12.1 Å². The minimum Gasteiger partial charge on any atom is -0.344 e. The predicted octanol–water partition coefficient (Wildman–Crippen LogP) is 2.42. The van der Waals surface area contributed by atoms with Crippen molar-refractivity contribution in [1.29, 1.82) is 0 Å². The second kappa shape index (κ2) is 6.16. The van der Waals surface area contributed by atoms with Crippen LogP contribution < -0.4 is 11.1 Å². The van der Waals surface area contributed by atoms with Gasteiger partial charge in [0.15, 0.2) is 0 Å². The van der Waals surface area contributed by atoms with Crippen LogP contribution in [0.4, 0.5) is 0 Å². The highest BCUT2D eigenvalue weighted by Gasteiger charge is 2.13. The molecule has 98 valence electrons. The molecular weight excluding hydrogens is 236 g/mol. The number of rotatable bonds is 4. The van der Waals surface area contributed by atoms with Gasteiger partial charge in [-0.3, -0.25) is 4.79 Å². The molecule has 0 saturated heterocycles. The first-order chi connectivity index (χ1) is 9.20. The van der Waals surface area contributed by atoms with E-state index in [0.29, 0.717) is 12.1 Å². The molecule has 0 saturated carbocycles. The third kappa shape index (κ3) is 3.42. The van der Waals surface area contributed by atoms with Crippen LogP contribution in [0.15, 0.2) is 54.6 Å². The van der Waals surface area contributed by atoms with Gasteiger partial charge in [-0.15, -0.1) is 0 Å². The third-order valence-electron chi connectivity index (χ3n) is 3.02. The number of benzene rings is 2. The molecule has 2 aromatic rings. The molecule has 3 nitrogen and oxygen atoms in total. The summed E-state index contributed by atoms with van der Waals surface area (Å²) in [7, 11) is 0. The Bertz CT molecular complexity index is 552. The quantitative estimate of drug-likeness (QED) is 0.880. The van der Waals surface area contributed by atoms with Gasteiger partial charge in [-0.1, -0.05) is 48.0 Å². The molecule has 0 bridgehead atoms. The Morgan fingerprint density at radius 2 is 1.89 bits per heavy atom. The van der Waals surface area contributed by atoms with E-state index in [1.165, 1.54) is 0 Å². The normalized spacial score (nSPS) is 11.9. The van der Waals surface area contributed by atoms with Crippen molar-refractivity contribution in [3.63, 3.8) is 0 Å². The highest BCUT2D eigenvalue weighted by atomic mass is 16.1. The molecule has 1 unspecified atom stereocenters. The monoisotopic (exact) mass is 254 g/mol. The first kappa shape index (κ1) is 13.3. The second-order valence-corrected chi connectivity index (χ2v) is 4.54. The average Bonchev–Trinajstić information content (AvgIpc) is 2.45. The van der Waals surface area contributed by atoms with Gasteiger partial charge in [0.1, 0.15) is 0 Å². The molecule has 1 amide bonds. The van der Waals surface area contributed by atoms with E-state index < -0.39 is 0 Å². The summed E-state index contributed by atoms with van der Waals surface area (Å²) in [5, 5.41) is 2.96. The molecule has 0 aliphatic heterocycles. The van der Waals surface area contributed by atoms with Crippen molar-refractivity contribution in [2.24, 2.45) is 5.73 Å². The summed E-state index contributed by atoms with van der Waals surface area (Å²) >= 11 is 0. The van der Waals surface area contributed by atoms with Gasteiger partial charge < -0.3 is 11.1 Å². The Morgan fingerprint density at radius 3 is 2.53 bits per heavy atom. The van der Waals surface area contributed by atoms with Crippen LogP contribution in [0.3, 0.4) is 0 Å². The van der Waals surface area contributed by atoms with Crippen LogP contribution in [-0.2, 0) is 0 Å². The fraction of sp³-hybridized carbons (Fsp3) is 0.188. The van der Waals surface area contributed by atoms with Crippen LogP contribution in [0, 0.1) is 6.92 Å². The fourth-order valence-electron chi connectivity index (χ4n) is 1.99. The lowest BCUT2D eigenvalue weighted by Crippen LogP contribution is -2.33. The molecule has 0 aliphatic rings. The molecule has 19 heavy (non-hydrogen) atoms. The molecule has 0 radical (unpaired) electrons. The average molecular weight is 254 g/mol. The number of amides is 1. The van der Waals surface area contributed by atoms with Crippen LogP contribution in [0.2, 0.25) is 0 Å². The topological polar surface area (TPSA) is 55.1 Å². The van der Waals surface area contributed by atoms with E-state index in [1.807, 2.05) is 55.5 Å². The maximum absolute atomic E-state index is 12.2. The SMILES string of the molecule is Cc1cccc(C(=O)NC(CN)c2ccccc2)c1. The van der Waals surface area contributed by atoms with E-state index in [2.05, 4.69) is 5.32 Å².